The molecule has 2 aromatic carbocycles. The number of ether oxygens (including phenoxy) is 5. The zero-order valence-corrected chi connectivity index (χ0v) is 15.6. The van der Waals surface area contributed by atoms with E-state index in [1.807, 2.05) is 0 Å². The number of nitrogens with two attached hydrogens (primary N) is 1. The molecule has 146 valence electrons. The molecule has 2 N–H and O–H groups in total. The first-order valence-electron chi connectivity index (χ1n) is 8.26. The lowest BCUT2D eigenvalue weighted by molar-refractivity contribution is -0.119. The summed E-state index contributed by atoms with van der Waals surface area (Å²) in [7, 11) is 4.53. The topological polar surface area (TPSA) is 106 Å². The Kier molecular flexibility index (Phi) is 5.39. The number of amides is 1. The third-order valence-corrected chi connectivity index (χ3v) is 4.01. The minimum Gasteiger partial charge on any atom is -0.493 e. The summed E-state index contributed by atoms with van der Waals surface area (Å²) in [6.07, 6.45) is 1.58. The predicted octanol–water partition coefficient (Wildman–Crippen LogP) is 2.19. The Labute approximate surface area is 161 Å². The van der Waals surface area contributed by atoms with E-state index >= 15 is 0 Å². The molecule has 0 saturated carbocycles. The maximum absolute atomic E-state index is 12.6. The molecule has 8 heteroatoms. The number of fused-ring (bicyclic) bond motifs is 1. The highest BCUT2D eigenvalue weighted by atomic mass is 16.5. The first kappa shape index (κ1) is 19.1. The fraction of sp³-hybridized carbons (Fsp3) is 0.200. The van der Waals surface area contributed by atoms with Crippen molar-refractivity contribution in [1.82, 2.24) is 0 Å². The maximum Gasteiger partial charge on any atom is 0.255 e. The standard InChI is InChI=1S/C20H19NO7/c1-24-16-7-11(8-17(25-2)20(16)26-3)6-15-19(23)13-5-4-12(9-14(13)28-15)27-10-18(21)22/h4-9H,10H2,1-3H3,(H2,21,22). The summed E-state index contributed by atoms with van der Waals surface area (Å²) in [5.41, 5.74) is 6.09. The Balaban J connectivity index is 1.91. The Morgan fingerprint density at radius 2 is 1.75 bits per heavy atom. The van der Waals surface area contributed by atoms with Crippen LogP contribution in [-0.2, 0) is 4.79 Å². The summed E-state index contributed by atoms with van der Waals surface area (Å²) in [5, 5.41) is 0. The fourth-order valence-corrected chi connectivity index (χ4v) is 2.75. The minimum atomic E-state index is -0.597. The average molecular weight is 385 g/mol. The van der Waals surface area contributed by atoms with Crippen LogP contribution in [0.5, 0.6) is 28.7 Å². The van der Waals surface area contributed by atoms with Gasteiger partial charge in [-0.2, -0.15) is 0 Å². The molecule has 0 saturated heterocycles. The number of benzene rings is 2. The van der Waals surface area contributed by atoms with Gasteiger partial charge in [0.05, 0.1) is 26.9 Å². The number of hydrogen-bond acceptors (Lipinski definition) is 7. The van der Waals surface area contributed by atoms with Gasteiger partial charge in [-0.05, 0) is 35.9 Å². The van der Waals surface area contributed by atoms with Crippen LogP contribution in [0.3, 0.4) is 0 Å². The highest BCUT2D eigenvalue weighted by Crippen LogP contribution is 2.40. The third kappa shape index (κ3) is 3.71. The van der Waals surface area contributed by atoms with Crippen LogP contribution in [-0.4, -0.2) is 39.6 Å². The molecule has 0 aromatic heterocycles. The number of hydrogen-bond donors (Lipinski definition) is 1. The molecule has 0 aliphatic carbocycles. The van der Waals surface area contributed by atoms with Gasteiger partial charge in [0, 0.05) is 6.07 Å². The highest BCUT2D eigenvalue weighted by Gasteiger charge is 2.28. The zero-order chi connectivity index (χ0) is 20.3. The van der Waals surface area contributed by atoms with Gasteiger partial charge in [-0.25, -0.2) is 0 Å². The van der Waals surface area contributed by atoms with Crippen molar-refractivity contribution in [1.29, 1.82) is 0 Å². The molecule has 1 aliphatic heterocycles. The van der Waals surface area contributed by atoms with Crippen molar-refractivity contribution in [2.24, 2.45) is 5.73 Å². The molecule has 0 bridgehead atoms. The lowest BCUT2D eigenvalue weighted by atomic mass is 10.1. The summed E-state index contributed by atoms with van der Waals surface area (Å²) in [6.45, 7) is -0.263. The lowest BCUT2D eigenvalue weighted by Crippen LogP contribution is -2.19. The molecule has 0 unspecified atom stereocenters. The van der Waals surface area contributed by atoms with Crippen LogP contribution in [0, 0.1) is 0 Å². The van der Waals surface area contributed by atoms with E-state index in [9.17, 15) is 9.59 Å². The van der Waals surface area contributed by atoms with Crippen LogP contribution < -0.4 is 29.4 Å². The zero-order valence-electron chi connectivity index (χ0n) is 15.6. The van der Waals surface area contributed by atoms with E-state index in [0.29, 0.717) is 39.9 Å². The molecular weight excluding hydrogens is 366 g/mol. The summed E-state index contributed by atoms with van der Waals surface area (Å²) >= 11 is 0. The molecule has 0 radical (unpaired) electrons. The van der Waals surface area contributed by atoms with Crippen LogP contribution >= 0.6 is 0 Å². The SMILES string of the molecule is COc1cc(C=C2Oc3cc(OCC(N)=O)ccc3C2=O)cc(OC)c1OC. The van der Waals surface area contributed by atoms with Gasteiger partial charge in [0.2, 0.25) is 11.5 Å². The van der Waals surface area contributed by atoms with Crippen LogP contribution in [0.1, 0.15) is 15.9 Å². The normalized spacial score (nSPS) is 13.7. The number of rotatable bonds is 7. The van der Waals surface area contributed by atoms with Gasteiger partial charge in [0.1, 0.15) is 11.5 Å². The number of carbonyl (C=O) groups excluding carboxylic acids is 2. The summed E-state index contributed by atoms with van der Waals surface area (Å²) in [4.78, 5) is 23.5. The van der Waals surface area contributed by atoms with Crippen LogP contribution in [0.15, 0.2) is 36.1 Å². The molecule has 1 aliphatic rings. The van der Waals surface area contributed by atoms with Crippen molar-refractivity contribution >= 4 is 17.8 Å². The smallest absolute Gasteiger partial charge is 0.255 e. The second-order valence-corrected chi connectivity index (χ2v) is 5.81. The molecule has 8 nitrogen and oxygen atoms in total. The Bertz CT molecular complexity index is 940. The van der Waals surface area contributed by atoms with Gasteiger partial charge in [-0.15, -0.1) is 0 Å². The van der Waals surface area contributed by atoms with E-state index in [-0.39, 0.29) is 18.1 Å². The van der Waals surface area contributed by atoms with Crippen LogP contribution in [0.4, 0.5) is 0 Å². The monoisotopic (exact) mass is 385 g/mol. The number of methoxy groups -OCH3 is 3. The summed E-state index contributed by atoms with van der Waals surface area (Å²) in [6, 6.07) is 8.09. The lowest BCUT2D eigenvalue weighted by Gasteiger charge is -2.13. The van der Waals surface area contributed by atoms with Crippen molar-refractivity contribution in [3.63, 3.8) is 0 Å². The van der Waals surface area contributed by atoms with Crippen LogP contribution in [0.25, 0.3) is 6.08 Å². The van der Waals surface area contributed by atoms with Crippen LogP contribution in [0.2, 0.25) is 0 Å². The molecule has 0 fully saturated rings. The number of carbonyl (C=O) groups is 2. The van der Waals surface area contributed by atoms with E-state index in [4.69, 9.17) is 29.4 Å². The minimum absolute atomic E-state index is 0.135. The molecule has 28 heavy (non-hydrogen) atoms. The predicted molar refractivity (Wildman–Crippen MR) is 100 cm³/mol. The molecule has 0 atom stereocenters. The largest absolute Gasteiger partial charge is 0.493 e. The van der Waals surface area contributed by atoms with Crippen molar-refractivity contribution < 1.29 is 33.3 Å². The summed E-state index contributed by atoms with van der Waals surface area (Å²) < 4.78 is 26.8. The number of allylic oxidation sites excluding steroid dienone is 1. The molecule has 0 spiro atoms. The number of ketones is 1. The third-order valence-electron chi connectivity index (χ3n) is 4.01. The number of primary amides is 1. The Hall–Kier alpha value is -3.68. The van der Waals surface area contributed by atoms with E-state index < -0.39 is 5.91 Å². The highest BCUT2D eigenvalue weighted by molar-refractivity contribution is 6.14. The molecule has 2 aromatic rings. The summed E-state index contributed by atoms with van der Waals surface area (Å²) in [5.74, 6) is 1.34. The molecule has 1 heterocycles. The van der Waals surface area contributed by atoms with Gasteiger partial charge < -0.3 is 29.4 Å². The first-order chi connectivity index (χ1) is 13.5. The van der Waals surface area contributed by atoms with Gasteiger partial charge in [-0.1, -0.05) is 0 Å². The maximum atomic E-state index is 12.6. The van der Waals surface area contributed by atoms with Gasteiger partial charge in [-0.3, -0.25) is 9.59 Å². The molecular formula is C20H19NO7. The Morgan fingerprint density at radius 3 is 2.32 bits per heavy atom. The quantitative estimate of drug-likeness (QED) is 0.728. The van der Waals surface area contributed by atoms with Gasteiger partial charge in [0.25, 0.3) is 5.91 Å². The van der Waals surface area contributed by atoms with E-state index in [2.05, 4.69) is 0 Å². The van der Waals surface area contributed by atoms with Gasteiger partial charge in [0.15, 0.2) is 23.9 Å². The van der Waals surface area contributed by atoms with E-state index in [1.54, 1.807) is 30.3 Å². The first-order valence-corrected chi connectivity index (χ1v) is 8.26. The molecule has 1 amide bonds. The average Bonchev–Trinajstić information content (AvgIpc) is 3.00. The molecule has 3 rings (SSSR count). The van der Waals surface area contributed by atoms with Gasteiger partial charge >= 0.3 is 0 Å². The second-order valence-electron chi connectivity index (χ2n) is 5.81. The fourth-order valence-electron chi connectivity index (χ4n) is 2.75. The number of Topliss-reactive ketones (excluding diaryl/α,β-unsaturated/α-hetero) is 1. The van der Waals surface area contributed by atoms with Crippen molar-refractivity contribution in [3.05, 3.63) is 47.2 Å². The van der Waals surface area contributed by atoms with Crippen molar-refractivity contribution in [3.8, 4) is 28.7 Å². The van der Waals surface area contributed by atoms with Crippen molar-refractivity contribution in [2.45, 2.75) is 0 Å². The van der Waals surface area contributed by atoms with E-state index in [0.717, 1.165) is 0 Å². The van der Waals surface area contributed by atoms with E-state index in [1.165, 1.54) is 27.4 Å². The second kappa shape index (κ2) is 7.91. The Morgan fingerprint density at radius 1 is 1.07 bits per heavy atom. The van der Waals surface area contributed by atoms with Crippen molar-refractivity contribution in [2.75, 3.05) is 27.9 Å².